The summed E-state index contributed by atoms with van der Waals surface area (Å²) >= 11 is 8.73. The molecule has 1 aliphatic rings. The average molecular weight is 381 g/mol. The van der Waals surface area contributed by atoms with Gasteiger partial charge >= 0.3 is 0 Å². The van der Waals surface area contributed by atoms with Gasteiger partial charge in [-0.1, -0.05) is 11.6 Å². The minimum Gasteiger partial charge on any atom is -0.272 e. The molecule has 4 nitrogen and oxygen atoms in total. The molecule has 0 bridgehead atoms. The fourth-order valence-electron chi connectivity index (χ4n) is 2.51. The second-order valence-electron chi connectivity index (χ2n) is 5.51. The molecule has 2 N–H and O–H groups in total. The van der Waals surface area contributed by atoms with E-state index in [9.17, 15) is 9.59 Å². The lowest BCUT2D eigenvalue weighted by atomic mass is 9.99. The molecular weight excluding hydrogens is 364 g/mol. The molecule has 0 radical (unpaired) electrons. The number of thiophene rings is 1. The predicted molar refractivity (Wildman–Crippen MR) is 98.7 cm³/mol. The molecule has 126 valence electrons. The van der Waals surface area contributed by atoms with Crippen molar-refractivity contribution in [2.75, 3.05) is 5.75 Å². The van der Waals surface area contributed by atoms with Crippen LogP contribution in [-0.2, 0) is 17.6 Å². The number of amides is 2. The summed E-state index contributed by atoms with van der Waals surface area (Å²) in [5, 5.41) is 0.662. The molecule has 7 heteroatoms. The Balaban J connectivity index is 1.46. The van der Waals surface area contributed by atoms with Crippen molar-refractivity contribution >= 4 is 46.5 Å². The van der Waals surface area contributed by atoms with Gasteiger partial charge in [0.25, 0.3) is 5.91 Å². The standard InChI is InChI=1S/C17H17ClN2O2S2/c18-12-5-7-13(8-6-12)23-10-16(21)19-20-17(22)15-9-11-3-1-2-4-14(11)24-15/h5-9H,1-4,10H2,(H,19,21)(H,20,22). The Hall–Kier alpha value is -1.50. The van der Waals surface area contributed by atoms with Gasteiger partial charge in [-0.3, -0.25) is 20.4 Å². The van der Waals surface area contributed by atoms with Crippen LogP contribution >= 0.6 is 34.7 Å². The lowest BCUT2D eigenvalue weighted by Crippen LogP contribution is -2.42. The Labute approximate surface area is 153 Å². The van der Waals surface area contributed by atoms with Gasteiger partial charge in [0.2, 0.25) is 5.91 Å². The normalized spacial score (nSPS) is 13.2. The van der Waals surface area contributed by atoms with E-state index in [1.54, 1.807) is 12.1 Å². The number of hydrogen-bond acceptors (Lipinski definition) is 4. The van der Waals surface area contributed by atoms with Crippen LogP contribution in [0.5, 0.6) is 0 Å². The van der Waals surface area contributed by atoms with Gasteiger partial charge in [-0.05, 0) is 61.6 Å². The summed E-state index contributed by atoms with van der Waals surface area (Å²) in [4.78, 5) is 26.9. The number of halogens is 1. The number of nitrogens with one attached hydrogen (secondary N) is 2. The molecule has 24 heavy (non-hydrogen) atoms. The van der Waals surface area contributed by atoms with Crippen LogP contribution in [-0.4, -0.2) is 17.6 Å². The lowest BCUT2D eigenvalue weighted by Gasteiger charge is -2.08. The van der Waals surface area contributed by atoms with E-state index in [0.717, 1.165) is 17.7 Å². The third kappa shape index (κ3) is 4.53. The van der Waals surface area contributed by atoms with Crippen LogP contribution in [0.25, 0.3) is 0 Å². The lowest BCUT2D eigenvalue weighted by molar-refractivity contribution is -0.119. The number of hydrazine groups is 1. The summed E-state index contributed by atoms with van der Waals surface area (Å²) in [5.41, 5.74) is 6.23. The summed E-state index contributed by atoms with van der Waals surface area (Å²) in [7, 11) is 0. The summed E-state index contributed by atoms with van der Waals surface area (Å²) in [6.45, 7) is 0. The Bertz CT molecular complexity index is 720. The third-order valence-corrected chi connectivity index (χ3v) is 6.22. The van der Waals surface area contributed by atoms with Crippen molar-refractivity contribution < 1.29 is 9.59 Å². The van der Waals surface area contributed by atoms with E-state index in [1.165, 1.54) is 46.4 Å². The number of carbonyl (C=O) groups excluding carboxylic acids is 2. The zero-order valence-electron chi connectivity index (χ0n) is 12.9. The maximum atomic E-state index is 12.1. The first kappa shape index (κ1) is 17.3. The van der Waals surface area contributed by atoms with E-state index in [2.05, 4.69) is 10.9 Å². The van der Waals surface area contributed by atoms with E-state index < -0.39 is 0 Å². The Morgan fingerprint density at radius 1 is 1.12 bits per heavy atom. The molecule has 0 unspecified atom stereocenters. The summed E-state index contributed by atoms with van der Waals surface area (Å²) < 4.78 is 0. The van der Waals surface area contributed by atoms with Gasteiger partial charge in [0, 0.05) is 14.8 Å². The molecule has 3 rings (SSSR count). The molecule has 0 spiro atoms. The molecule has 0 atom stereocenters. The first-order chi connectivity index (χ1) is 11.6. The highest BCUT2D eigenvalue weighted by Crippen LogP contribution is 2.29. The minimum atomic E-state index is -0.251. The largest absolute Gasteiger partial charge is 0.279 e. The fourth-order valence-corrected chi connectivity index (χ4v) is 4.48. The van der Waals surface area contributed by atoms with E-state index >= 15 is 0 Å². The van der Waals surface area contributed by atoms with Crippen LogP contribution in [0.2, 0.25) is 5.02 Å². The maximum Gasteiger partial charge on any atom is 0.279 e. The van der Waals surface area contributed by atoms with Crippen LogP contribution in [0, 0.1) is 0 Å². The highest BCUT2D eigenvalue weighted by Gasteiger charge is 2.17. The molecule has 2 aromatic rings. The van der Waals surface area contributed by atoms with Gasteiger partial charge in [-0.15, -0.1) is 23.1 Å². The summed E-state index contributed by atoms with van der Waals surface area (Å²) in [6.07, 6.45) is 4.47. The van der Waals surface area contributed by atoms with Gasteiger partial charge < -0.3 is 0 Å². The van der Waals surface area contributed by atoms with E-state index in [4.69, 9.17) is 11.6 Å². The quantitative estimate of drug-likeness (QED) is 0.626. The third-order valence-electron chi connectivity index (χ3n) is 3.72. The van der Waals surface area contributed by atoms with Gasteiger partial charge in [0.15, 0.2) is 0 Å². The second-order valence-corrected chi connectivity index (χ2v) is 8.13. The average Bonchev–Trinajstić information content (AvgIpc) is 3.03. The van der Waals surface area contributed by atoms with Gasteiger partial charge in [-0.25, -0.2) is 0 Å². The molecule has 1 aliphatic carbocycles. The highest BCUT2D eigenvalue weighted by atomic mass is 35.5. The zero-order chi connectivity index (χ0) is 16.9. The second kappa shape index (κ2) is 8.05. The van der Waals surface area contributed by atoms with Crippen molar-refractivity contribution in [2.45, 2.75) is 30.6 Å². The van der Waals surface area contributed by atoms with Crippen LogP contribution in [0.1, 0.15) is 33.0 Å². The van der Waals surface area contributed by atoms with Crippen LogP contribution in [0.4, 0.5) is 0 Å². The topological polar surface area (TPSA) is 58.2 Å². The predicted octanol–water partition coefficient (Wildman–Crippen LogP) is 3.83. The number of hydrogen-bond donors (Lipinski definition) is 2. The Morgan fingerprint density at radius 2 is 1.88 bits per heavy atom. The maximum absolute atomic E-state index is 12.1. The van der Waals surface area contributed by atoms with Crippen molar-refractivity contribution in [3.05, 3.63) is 50.7 Å². The molecule has 2 amide bonds. The summed E-state index contributed by atoms with van der Waals surface area (Å²) in [5.74, 6) is -0.271. The number of thioether (sulfide) groups is 1. The van der Waals surface area contributed by atoms with Crippen molar-refractivity contribution in [2.24, 2.45) is 0 Å². The molecule has 0 saturated carbocycles. The highest BCUT2D eigenvalue weighted by molar-refractivity contribution is 8.00. The zero-order valence-corrected chi connectivity index (χ0v) is 15.3. The van der Waals surface area contributed by atoms with Crippen molar-refractivity contribution in [3.8, 4) is 0 Å². The van der Waals surface area contributed by atoms with Gasteiger partial charge in [0.1, 0.15) is 0 Å². The smallest absolute Gasteiger partial charge is 0.272 e. The molecule has 1 heterocycles. The van der Waals surface area contributed by atoms with E-state index in [1.807, 2.05) is 18.2 Å². The minimum absolute atomic E-state index is 0.225. The molecule has 1 aromatic heterocycles. The van der Waals surface area contributed by atoms with Crippen LogP contribution < -0.4 is 10.9 Å². The van der Waals surface area contributed by atoms with Crippen molar-refractivity contribution in [1.82, 2.24) is 10.9 Å². The number of benzene rings is 1. The Kier molecular flexibility index (Phi) is 5.81. The van der Waals surface area contributed by atoms with Gasteiger partial charge in [-0.2, -0.15) is 0 Å². The van der Waals surface area contributed by atoms with Crippen molar-refractivity contribution in [1.29, 1.82) is 0 Å². The van der Waals surface area contributed by atoms with Crippen molar-refractivity contribution in [3.63, 3.8) is 0 Å². The molecule has 1 aromatic carbocycles. The monoisotopic (exact) mass is 380 g/mol. The SMILES string of the molecule is O=C(CSc1ccc(Cl)cc1)NNC(=O)c1cc2c(s1)CCCC2. The fraction of sp³-hybridized carbons (Fsp3) is 0.294. The van der Waals surface area contributed by atoms with Crippen LogP contribution in [0.15, 0.2) is 35.2 Å². The molecule has 0 saturated heterocycles. The number of carbonyl (C=O) groups is 2. The first-order valence-electron chi connectivity index (χ1n) is 7.71. The number of fused-ring (bicyclic) bond motifs is 1. The van der Waals surface area contributed by atoms with Gasteiger partial charge in [0.05, 0.1) is 10.6 Å². The Morgan fingerprint density at radius 3 is 2.62 bits per heavy atom. The molecular formula is C17H17ClN2O2S2. The number of rotatable bonds is 4. The van der Waals surface area contributed by atoms with E-state index in [0.29, 0.717) is 9.90 Å². The number of aryl methyl sites for hydroxylation is 2. The van der Waals surface area contributed by atoms with Crippen LogP contribution in [0.3, 0.4) is 0 Å². The van der Waals surface area contributed by atoms with E-state index in [-0.39, 0.29) is 17.6 Å². The molecule has 0 fully saturated rings. The molecule has 0 aliphatic heterocycles. The summed E-state index contributed by atoms with van der Waals surface area (Å²) in [6, 6.07) is 9.22. The first-order valence-corrected chi connectivity index (χ1v) is 9.89.